The molecule has 1 rings (SSSR count). The van der Waals surface area contributed by atoms with Gasteiger partial charge in [-0.3, -0.25) is 0 Å². The van der Waals surface area contributed by atoms with Gasteiger partial charge in [0.2, 0.25) is 0 Å². The van der Waals surface area contributed by atoms with Gasteiger partial charge in [0.05, 0.1) is 7.11 Å². The van der Waals surface area contributed by atoms with Crippen molar-refractivity contribution in [3.63, 3.8) is 0 Å². The zero-order chi connectivity index (χ0) is 12.8. The Morgan fingerprint density at radius 1 is 1.65 bits per heavy atom. The predicted octanol–water partition coefficient (Wildman–Crippen LogP) is 3.57. The summed E-state index contributed by atoms with van der Waals surface area (Å²) in [5.74, 6) is -0.443. The highest BCUT2D eigenvalue weighted by atomic mass is 35.5. The number of nitrogens with one attached hydrogen (secondary N) is 1. The van der Waals surface area contributed by atoms with Crippen LogP contribution in [0.3, 0.4) is 0 Å². The highest BCUT2D eigenvalue weighted by molar-refractivity contribution is 7.18. The number of hydrogen-bond acceptors (Lipinski definition) is 5. The Morgan fingerprint density at radius 2 is 2.35 bits per heavy atom. The van der Waals surface area contributed by atoms with E-state index in [1.807, 2.05) is 0 Å². The number of rotatable bonds is 6. The maximum absolute atomic E-state index is 11.3. The summed E-state index contributed by atoms with van der Waals surface area (Å²) in [5, 5.41) is 4.10. The number of thiazole rings is 1. The van der Waals surface area contributed by atoms with Crippen LogP contribution in [0.1, 0.15) is 42.8 Å². The van der Waals surface area contributed by atoms with Gasteiger partial charge >= 0.3 is 5.97 Å². The highest BCUT2D eigenvalue weighted by Gasteiger charge is 2.17. The minimum absolute atomic E-state index is 0.201. The standard InChI is InChI=1S/C11H17ClN2O2S/c1-4-5-6-7(2)13-11-14-9(12)8(17-11)10(15)16-3/h7H,4-6H2,1-3H3,(H,13,14). The molecular weight excluding hydrogens is 260 g/mol. The molecular formula is C11H17ClN2O2S. The normalized spacial score (nSPS) is 12.2. The molecule has 0 aliphatic carbocycles. The molecule has 6 heteroatoms. The fourth-order valence-electron chi connectivity index (χ4n) is 1.38. The molecule has 0 saturated carbocycles. The van der Waals surface area contributed by atoms with E-state index in [4.69, 9.17) is 11.6 Å². The van der Waals surface area contributed by atoms with E-state index in [1.165, 1.54) is 18.4 Å². The number of carbonyl (C=O) groups is 1. The van der Waals surface area contributed by atoms with Crippen LogP contribution in [0.25, 0.3) is 0 Å². The fourth-order valence-corrected chi connectivity index (χ4v) is 2.59. The van der Waals surface area contributed by atoms with E-state index in [1.54, 1.807) is 0 Å². The van der Waals surface area contributed by atoms with Crippen molar-refractivity contribution in [3.8, 4) is 0 Å². The number of unbranched alkanes of at least 4 members (excludes halogenated alkanes) is 1. The second-order valence-electron chi connectivity index (χ2n) is 3.82. The molecule has 1 aromatic rings. The maximum atomic E-state index is 11.3. The van der Waals surface area contributed by atoms with Gasteiger partial charge < -0.3 is 10.1 Å². The molecule has 17 heavy (non-hydrogen) atoms. The van der Waals surface area contributed by atoms with Crippen molar-refractivity contribution in [2.45, 2.75) is 39.2 Å². The molecule has 0 aromatic carbocycles. The number of halogens is 1. The second kappa shape index (κ2) is 6.81. The summed E-state index contributed by atoms with van der Waals surface area (Å²) >= 11 is 7.09. The molecule has 0 amide bonds. The summed E-state index contributed by atoms with van der Waals surface area (Å²) in [6, 6.07) is 0.322. The van der Waals surface area contributed by atoms with Crippen molar-refractivity contribution in [2.75, 3.05) is 12.4 Å². The Kier molecular flexibility index (Phi) is 5.71. The van der Waals surface area contributed by atoms with Crippen molar-refractivity contribution in [1.82, 2.24) is 4.98 Å². The quantitative estimate of drug-likeness (QED) is 0.807. The van der Waals surface area contributed by atoms with E-state index in [-0.39, 0.29) is 5.15 Å². The third-order valence-electron chi connectivity index (χ3n) is 2.32. The van der Waals surface area contributed by atoms with Crippen LogP contribution in [0.5, 0.6) is 0 Å². The van der Waals surface area contributed by atoms with Crippen molar-refractivity contribution in [3.05, 3.63) is 10.0 Å². The average molecular weight is 277 g/mol. The van der Waals surface area contributed by atoms with E-state index in [2.05, 4.69) is 28.9 Å². The third kappa shape index (κ3) is 4.16. The van der Waals surface area contributed by atoms with Gasteiger partial charge in [0.15, 0.2) is 15.2 Å². The van der Waals surface area contributed by atoms with Crippen LogP contribution in [0.15, 0.2) is 0 Å². The fraction of sp³-hybridized carbons (Fsp3) is 0.636. The van der Waals surface area contributed by atoms with Crippen LogP contribution in [-0.2, 0) is 4.74 Å². The molecule has 0 bridgehead atoms. The summed E-state index contributed by atoms with van der Waals surface area (Å²) in [7, 11) is 1.33. The molecule has 0 spiro atoms. The number of esters is 1. The molecule has 1 atom stereocenters. The van der Waals surface area contributed by atoms with E-state index in [0.29, 0.717) is 16.1 Å². The first-order valence-electron chi connectivity index (χ1n) is 5.59. The topological polar surface area (TPSA) is 51.2 Å². The van der Waals surface area contributed by atoms with Crippen molar-refractivity contribution >= 4 is 34.0 Å². The van der Waals surface area contributed by atoms with Gasteiger partial charge in [-0.05, 0) is 13.3 Å². The smallest absolute Gasteiger partial charge is 0.351 e. The zero-order valence-corrected chi connectivity index (χ0v) is 11.8. The van der Waals surface area contributed by atoms with E-state index >= 15 is 0 Å². The lowest BCUT2D eigenvalue weighted by molar-refractivity contribution is 0.0606. The van der Waals surface area contributed by atoms with Gasteiger partial charge in [0.25, 0.3) is 0 Å². The van der Waals surface area contributed by atoms with Crippen molar-refractivity contribution in [2.24, 2.45) is 0 Å². The first-order valence-corrected chi connectivity index (χ1v) is 6.79. The molecule has 1 unspecified atom stereocenters. The zero-order valence-electron chi connectivity index (χ0n) is 10.2. The number of carbonyl (C=O) groups excluding carboxylic acids is 1. The van der Waals surface area contributed by atoms with Gasteiger partial charge in [-0.15, -0.1) is 0 Å². The molecule has 0 fully saturated rings. The van der Waals surface area contributed by atoms with Gasteiger partial charge in [0.1, 0.15) is 0 Å². The summed E-state index contributed by atoms with van der Waals surface area (Å²) in [4.78, 5) is 15.8. The minimum atomic E-state index is -0.443. The van der Waals surface area contributed by atoms with Crippen LogP contribution in [0.4, 0.5) is 5.13 Å². The summed E-state index contributed by atoms with van der Waals surface area (Å²) < 4.78 is 4.62. The Balaban J connectivity index is 2.63. The maximum Gasteiger partial charge on any atom is 0.351 e. The van der Waals surface area contributed by atoms with Crippen LogP contribution >= 0.6 is 22.9 Å². The van der Waals surface area contributed by atoms with Crippen molar-refractivity contribution < 1.29 is 9.53 Å². The number of nitrogens with zero attached hydrogens (tertiary/aromatic N) is 1. The molecule has 1 N–H and O–H groups in total. The number of methoxy groups -OCH3 is 1. The highest BCUT2D eigenvalue weighted by Crippen LogP contribution is 2.28. The Labute approximate surface area is 110 Å². The van der Waals surface area contributed by atoms with E-state index < -0.39 is 5.97 Å². The average Bonchev–Trinajstić information content (AvgIpc) is 2.66. The number of hydrogen-bond donors (Lipinski definition) is 1. The molecule has 1 aromatic heterocycles. The third-order valence-corrected chi connectivity index (χ3v) is 3.67. The lowest BCUT2D eigenvalue weighted by Crippen LogP contribution is -2.14. The molecule has 1 heterocycles. The summed E-state index contributed by atoms with van der Waals surface area (Å²) in [6.07, 6.45) is 3.40. The first kappa shape index (κ1) is 14.3. The predicted molar refractivity (Wildman–Crippen MR) is 71.1 cm³/mol. The Hall–Kier alpha value is -0.810. The Morgan fingerprint density at radius 3 is 2.94 bits per heavy atom. The van der Waals surface area contributed by atoms with E-state index in [0.717, 1.165) is 19.3 Å². The lowest BCUT2D eigenvalue weighted by Gasteiger charge is -2.11. The molecule has 0 aliphatic rings. The van der Waals surface area contributed by atoms with Crippen LogP contribution < -0.4 is 5.32 Å². The molecule has 0 radical (unpaired) electrons. The van der Waals surface area contributed by atoms with Crippen LogP contribution in [0.2, 0.25) is 5.15 Å². The minimum Gasteiger partial charge on any atom is -0.465 e. The van der Waals surface area contributed by atoms with Crippen LogP contribution in [0, 0.1) is 0 Å². The first-order chi connectivity index (χ1) is 8.08. The van der Waals surface area contributed by atoms with Gasteiger partial charge in [-0.2, -0.15) is 0 Å². The van der Waals surface area contributed by atoms with Crippen LogP contribution in [-0.4, -0.2) is 24.1 Å². The van der Waals surface area contributed by atoms with E-state index in [9.17, 15) is 4.79 Å². The largest absolute Gasteiger partial charge is 0.465 e. The number of aromatic nitrogens is 1. The second-order valence-corrected chi connectivity index (χ2v) is 5.18. The SMILES string of the molecule is CCCCC(C)Nc1nc(Cl)c(C(=O)OC)s1. The molecule has 0 aliphatic heterocycles. The molecule has 4 nitrogen and oxygen atoms in total. The number of ether oxygens (including phenoxy) is 1. The van der Waals surface area contributed by atoms with Gasteiger partial charge in [-0.1, -0.05) is 42.7 Å². The summed E-state index contributed by atoms with van der Waals surface area (Å²) in [5.41, 5.74) is 0. The van der Waals surface area contributed by atoms with Gasteiger partial charge in [-0.25, -0.2) is 9.78 Å². The van der Waals surface area contributed by atoms with Crippen molar-refractivity contribution in [1.29, 1.82) is 0 Å². The molecule has 96 valence electrons. The summed E-state index contributed by atoms with van der Waals surface area (Å²) in [6.45, 7) is 4.24. The Bertz CT molecular complexity index is 382. The molecule has 0 saturated heterocycles. The lowest BCUT2D eigenvalue weighted by atomic mass is 10.1. The number of anilines is 1. The van der Waals surface area contributed by atoms with Gasteiger partial charge in [0, 0.05) is 6.04 Å². The monoisotopic (exact) mass is 276 g/mol.